The van der Waals surface area contributed by atoms with Gasteiger partial charge in [-0.3, -0.25) is 14.9 Å². The molecular weight excluding hydrogens is 357 g/mol. The van der Waals surface area contributed by atoms with Crippen molar-refractivity contribution in [3.05, 3.63) is 45.2 Å². The summed E-state index contributed by atoms with van der Waals surface area (Å²) >= 11 is 5.77. The first-order chi connectivity index (χ1) is 10.8. The average molecular weight is 374 g/mol. The molecule has 0 fully saturated rings. The van der Waals surface area contributed by atoms with E-state index < -0.39 is 10.5 Å². The van der Waals surface area contributed by atoms with E-state index in [1.54, 1.807) is 6.07 Å². The van der Waals surface area contributed by atoms with Crippen molar-refractivity contribution >= 4 is 47.2 Å². The van der Waals surface area contributed by atoms with Crippen LogP contribution in [0.15, 0.2) is 34.5 Å². The number of carbonyl (C=O) groups is 1. The summed E-state index contributed by atoms with van der Waals surface area (Å²) in [4.78, 5) is 26.3. The molecule has 1 aromatic rings. The molecule has 0 bridgehead atoms. The standard InChI is InChI=1S/C15H16ClN3O4.ClH/c1-4-15(3)13(8-16)23-14(18-15)10-5-6-11(17-9(2)20)12(7-10)19(21)22;/h5-8H,4H2,1-3H3,(H,17,20);1H. The van der Waals surface area contributed by atoms with Crippen LogP contribution in [0, 0.1) is 10.1 Å². The van der Waals surface area contributed by atoms with E-state index >= 15 is 0 Å². The molecule has 1 atom stereocenters. The molecule has 1 aliphatic rings. The maximum atomic E-state index is 11.2. The van der Waals surface area contributed by atoms with Gasteiger partial charge >= 0.3 is 0 Å². The Hall–Kier alpha value is -2.12. The van der Waals surface area contributed by atoms with Crippen molar-refractivity contribution in [3.8, 4) is 0 Å². The summed E-state index contributed by atoms with van der Waals surface area (Å²) in [5.74, 6) is 0.366. The number of nitrogens with zero attached hydrogens (tertiary/aromatic N) is 2. The normalized spacial score (nSPS) is 20.8. The van der Waals surface area contributed by atoms with Crippen molar-refractivity contribution in [2.45, 2.75) is 32.7 Å². The van der Waals surface area contributed by atoms with Gasteiger partial charge in [0.25, 0.3) is 5.69 Å². The molecule has 0 spiro atoms. The van der Waals surface area contributed by atoms with Gasteiger partial charge in [0.05, 0.1) is 4.92 Å². The van der Waals surface area contributed by atoms with Gasteiger partial charge in [-0.05, 0) is 25.5 Å². The predicted octanol–water partition coefficient (Wildman–Crippen LogP) is 4.00. The third-order valence-corrected chi connectivity index (χ3v) is 3.82. The lowest BCUT2D eigenvalue weighted by Crippen LogP contribution is -2.19. The van der Waals surface area contributed by atoms with Gasteiger partial charge in [0.15, 0.2) is 0 Å². The molecule has 130 valence electrons. The number of amides is 1. The van der Waals surface area contributed by atoms with Crippen LogP contribution in [0.3, 0.4) is 0 Å². The Morgan fingerprint density at radius 1 is 1.54 bits per heavy atom. The van der Waals surface area contributed by atoms with Crippen molar-refractivity contribution in [1.82, 2.24) is 0 Å². The number of nitro groups is 1. The zero-order valence-electron chi connectivity index (χ0n) is 13.3. The third kappa shape index (κ3) is 3.85. The zero-order chi connectivity index (χ0) is 17.2. The number of aliphatic imine (C=N–C) groups is 1. The summed E-state index contributed by atoms with van der Waals surface area (Å²) in [6.45, 7) is 5.10. The minimum absolute atomic E-state index is 0. The van der Waals surface area contributed by atoms with Gasteiger partial charge in [-0.25, -0.2) is 4.99 Å². The second kappa shape index (κ2) is 7.63. The molecule has 0 saturated heterocycles. The second-order valence-corrected chi connectivity index (χ2v) is 5.51. The van der Waals surface area contributed by atoms with Crippen molar-refractivity contribution in [1.29, 1.82) is 0 Å². The lowest BCUT2D eigenvalue weighted by atomic mass is 9.99. The van der Waals surface area contributed by atoms with Crippen LogP contribution in [0.2, 0.25) is 0 Å². The molecule has 1 N–H and O–H groups in total. The van der Waals surface area contributed by atoms with Crippen LogP contribution < -0.4 is 5.32 Å². The summed E-state index contributed by atoms with van der Waals surface area (Å²) in [5, 5.41) is 13.6. The number of ether oxygens (including phenoxy) is 1. The van der Waals surface area contributed by atoms with Gasteiger partial charge in [-0.15, -0.1) is 12.4 Å². The molecule has 24 heavy (non-hydrogen) atoms. The Balaban J connectivity index is 0.00000288. The fourth-order valence-electron chi connectivity index (χ4n) is 2.14. The summed E-state index contributed by atoms with van der Waals surface area (Å²) in [6.07, 6.45) is 0.668. The maximum absolute atomic E-state index is 11.2. The molecule has 9 heteroatoms. The Kier molecular flexibility index (Phi) is 6.34. The fourth-order valence-corrected chi connectivity index (χ4v) is 2.42. The van der Waals surface area contributed by atoms with Crippen LogP contribution in [-0.2, 0) is 9.53 Å². The molecule has 7 nitrogen and oxygen atoms in total. The minimum Gasteiger partial charge on any atom is -0.440 e. The van der Waals surface area contributed by atoms with E-state index in [1.165, 1.54) is 24.6 Å². The van der Waals surface area contributed by atoms with Crippen LogP contribution in [-0.4, -0.2) is 22.3 Å². The van der Waals surface area contributed by atoms with Crippen LogP contribution in [0.1, 0.15) is 32.8 Å². The van der Waals surface area contributed by atoms with E-state index in [0.29, 0.717) is 17.7 Å². The summed E-state index contributed by atoms with van der Waals surface area (Å²) in [7, 11) is 0. The fraction of sp³-hybridized carbons (Fsp3) is 0.333. The average Bonchev–Trinajstić information content (AvgIpc) is 2.84. The Labute approximate surface area is 150 Å². The molecule has 0 saturated carbocycles. The molecule has 1 amide bonds. The molecule has 0 aliphatic carbocycles. The van der Waals surface area contributed by atoms with Crippen molar-refractivity contribution in [2.24, 2.45) is 4.99 Å². The van der Waals surface area contributed by atoms with Gasteiger partial charge in [0.1, 0.15) is 17.0 Å². The van der Waals surface area contributed by atoms with Gasteiger partial charge in [0, 0.05) is 24.1 Å². The Morgan fingerprint density at radius 2 is 2.21 bits per heavy atom. The number of anilines is 1. The number of nitro benzene ring substituents is 1. The SMILES string of the molecule is CCC1(C)N=C(c2ccc(NC(C)=O)c([N+](=O)[O-])c2)OC1=CCl.Cl. The number of rotatable bonds is 4. The van der Waals surface area contributed by atoms with Gasteiger partial charge in [-0.2, -0.15) is 0 Å². The molecule has 1 aromatic carbocycles. The molecule has 0 aromatic heterocycles. The molecule has 1 heterocycles. The van der Waals surface area contributed by atoms with E-state index in [2.05, 4.69) is 10.3 Å². The van der Waals surface area contributed by atoms with Crippen LogP contribution in [0.25, 0.3) is 0 Å². The van der Waals surface area contributed by atoms with Crippen LogP contribution in [0.5, 0.6) is 0 Å². The number of hydrogen-bond donors (Lipinski definition) is 1. The largest absolute Gasteiger partial charge is 0.440 e. The highest BCUT2D eigenvalue weighted by molar-refractivity contribution is 6.26. The Morgan fingerprint density at radius 3 is 2.67 bits per heavy atom. The monoisotopic (exact) mass is 373 g/mol. The molecule has 1 unspecified atom stereocenters. The lowest BCUT2D eigenvalue weighted by molar-refractivity contribution is -0.383. The van der Waals surface area contributed by atoms with Crippen molar-refractivity contribution in [3.63, 3.8) is 0 Å². The van der Waals surface area contributed by atoms with E-state index in [0.717, 1.165) is 0 Å². The first-order valence-corrected chi connectivity index (χ1v) is 7.39. The van der Waals surface area contributed by atoms with E-state index in [4.69, 9.17) is 16.3 Å². The summed E-state index contributed by atoms with van der Waals surface area (Å²) in [6, 6.07) is 4.37. The van der Waals surface area contributed by atoms with E-state index in [9.17, 15) is 14.9 Å². The number of nitrogens with one attached hydrogen (secondary N) is 1. The maximum Gasteiger partial charge on any atom is 0.293 e. The highest BCUT2D eigenvalue weighted by Gasteiger charge is 2.36. The minimum atomic E-state index is -0.595. The molecule has 1 aliphatic heterocycles. The summed E-state index contributed by atoms with van der Waals surface area (Å²) < 4.78 is 5.63. The smallest absolute Gasteiger partial charge is 0.293 e. The first-order valence-electron chi connectivity index (χ1n) is 6.95. The number of carbonyl (C=O) groups excluding carboxylic acids is 1. The van der Waals surface area contributed by atoms with Crippen LogP contribution in [0.4, 0.5) is 11.4 Å². The Bertz CT molecular complexity index is 733. The second-order valence-electron chi connectivity index (χ2n) is 5.29. The third-order valence-electron chi connectivity index (χ3n) is 3.63. The van der Waals surface area contributed by atoms with Gasteiger partial charge in [-0.1, -0.05) is 18.5 Å². The van der Waals surface area contributed by atoms with E-state index in [-0.39, 0.29) is 35.6 Å². The summed E-state index contributed by atoms with van der Waals surface area (Å²) in [5.41, 5.74) is 1.06. The highest BCUT2D eigenvalue weighted by atomic mass is 35.5. The lowest BCUT2D eigenvalue weighted by Gasteiger charge is -2.16. The highest BCUT2D eigenvalue weighted by Crippen LogP contribution is 2.35. The first kappa shape index (κ1) is 19.9. The van der Waals surface area contributed by atoms with Crippen LogP contribution >= 0.6 is 24.0 Å². The van der Waals surface area contributed by atoms with Crippen molar-refractivity contribution < 1.29 is 14.5 Å². The molecule has 0 radical (unpaired) electrons. The number of hydrogen-bond acceptors (Lipinski definition) is 5. The topological polar surface area (TPSA) is 93.8 Å². The molecular formula is C15H17Cl2N3O4. The van der Waals surface area contributed by atoms with Gasteiger partial charge < -0.3 is 10.1 Å². The van der Waals surface area contributed by atoms with E-state index in [1.807, 2.05) is 13.8 Å². The van der Waals surface area contributed by atoms with Gasteiger partial charge in [0.2, 0.25) is 11.8 Å². The zero-order valence-corrected chi connectivity index (χ0v) is 14.9. The predicted molar refractivity (Wildman–Crippen MR) is 94.9 cm³/mol. The molecule has 2 rings (SSSR count). The number of benzene rings is 1. The number of halogens is 2. The quantitative estimate of drug-likeness (QED) is 0.637. The van der Waals surface area contributed by atoms with Crippen molar-refractivity contribution in [2.75, 3.05) is 5.32 Å².